The van der Waals surface area contributed by atoms with Gasteiger partial charge in [0.1, 0.15) is 41.2 Å². The highest BCUT2D eigenvalue weighted by molar-refractivity contribution is 6.01. The Hall–Kier alpha value is -9.68. The van der Waals surface area contributed by atoms with Gasteiger partial charge in [-0.2, -0.15) is 5.26 Å². The third-order valence-corrected chi connectivity index (χ3v) is 16.1. The zero-order valence-corrected chi connectivity index (χ0v) is 49.0. The lowest BCUT2D eigenvalue weighted by Gasteiger charge is -2.35. The Morgan fingerprint density at radius 1 is 0.800 bits per heavy atom. The molecule has 1 aliphatic carbocycles. The number of aromatic carboxylic acids is 1. The second-order valence-electron chi connectivity index (χ2n) is 22.2. The van der Waals surface area contributed by atoms with Crippen LogP contribution in [0.4, 0.5) is 4.39 Å². The van der Waals surface area contributed by atoms with Gasteiger partial charge in [-0.25, -0.2) is 13.9 Å². The molecule has 4 aliphatic heterocycles. The number of carbonyl (C=O) groups is 8. The molecule has 2 unspecified atom stereocenters. The van der Waals surface area contributed by atoms with Crippen LogP contribution in [0, 0.1) is 23.2 Å². The molecule has 470 valence electrons. The van der Waals surface area contributed by atoms with E-state index in [1.807, 2.05) is 24.3 Å². The van der Waals surface area contributed by atoms with Crippen LogP contribution < -0.4 is 26.0 Å². The van der Waals surface area contributed by atoms with Gasteiger partial charge in [-0.1, -0.05) is 53.8 Å². The summed E-state index contributed by atoms with van der Waals surface area (Å²) in [6, 6.07) is 21.8. The predicted molar refractivity (Wildman–Crippen MR) is 316 cm³/mol. The van der Waals surface area contributed by atoms with Crippen LogP contribution in [-0.4, -0.2) is 179 Å². The fourth-order valence-corrected chi connectivity index (χ4v) is 11.5. The Kier molecular flexibility index (Phi) is 20.8. The van der Waals surface area contributed by atoms with Crippen molar-refractivity contribution in [3.8, 4) is 28.8 Å². The number of likely N-dealkylation sites (tertiary alicyclic amines) is 1. The molecule has 25 nitrogen and oxygen atoms in total. The zero-order valence-electron chi connectivity index (χ0n) is 49.0. The van der Waals surface area contributed by atoms with Crippen LogP contribution >= 0.6 is 0 Å². The maximum absolute atomic E-state index is 14.0. The molecule has 6 atom stereocenters. The van der Waals surface area contributed by atoms with Gasteiger partial charge in [-0.3, -0.25) is 33.6 Å². The molecule has 0 saturated carbocycles. The number of phenolic OH excluding ortho intramolecular Hbond substituents is 1. The van der Waals surface area contributed by atoms with Gasteiger partial charge in [0.05, 0.1) is 83.8 Å². The minimum atomic E-state index is -1.30. The molecule has 10 rings (SSSR count). The molecule has 0 bridgehead atoms. The highest BCUT2D eigenvalue weighted by Gasteiger charge is 2.45. The number of ketones is 1. The van der Waals surface area contributed by atoms with Gasteiger partial charge in [0.25, 0.3) is 11.8 Å². The van der Waals surface area contributed by atoms with E-state index in [1.54, 1.807) is 64.3 Å². The molecule has 6 N–H and O–H groups in total. The van der Waals surface area contributed by atoms with Gasteiger partial charge in [0, 0.05) is 104 Å². The molecule has 6 amide bonds. The molecular weight excluding hydrogens is 1170 g/mol. The number of nitrogens with zero attached hydrogens (tertiary/aromatic N) is 6. The number of carboxylic acid groups (broad SMARTS) is 1. The van der Waals surface area contributed by atoms with Gasteiger partial charge >= 0.3 is 5.97 Å². The summed E-state index contributed by atoms with van der Waals surface area (Å²) in [4.78, 5) is 105. The van der Waals surface area contributed by atoms with E-state index >= 15 is 0 Å². The summed E-state index contributed by atoms with van der Waals surface area (Å²) >= 11 is 0. The van der Waals surface area contributed by atoms with E-state index < -0.39 is 59.7 Å². The Bertz CT molecular complexity index is 3640. The van der Waals surface area contributed by atoms with Crippen molar-refractivity contribution >= 4 is 47.2 Å². The fourth-order valence-electron chi connectivity index (χ4n) is 11.5. The monoisotopic (exact) mass is 1230 g/mol. The first-order chi connectivity index (χ1) is 43.6. The van der Waals surface area contributed by atoms with E-state index in [9.17, 15) is 58.2 Å². The van der Waals surface area contributed by atoms with Crippen LogP contribution in [0.2, 0.25) is 0 Å². The number of fused-ring (bicyclic) bond motifs is 3. The highest BCUT2D eigenvalue weighted by atomic mass is 19.1. The van der Waals surface area contributed by atoms with Crippen molar-refractivity contribution in [2.75, 3.05) is 79.0 Å². The maximum atomic E-state index is 14.0. The number of hydrogen-bond donors (Lipinski definition) is 6. The van der Waals surface area contributed by atoms with E-state index in [4.69, 9.17) is 23.7 Å². The molecule has 5 aromatic rings. The average molecular weight is 1240 g/mol. The number of aromatic hydroxyl groups is 1. The maximum Gasteiger partial charge on any atom is 0.336 e. The zero-order chi connectivity index (χ0) is 63.3. The Morgan fingerprint density at radius 3 is 2.26 bits per heavy atom. The summed E-state index contributed by atoms with van der Waals surface area (Å²) in [6.45, 7) is 3.52. The van der Waals surface area contributed by atoms with E-state index in [-0.39, 0.29) is 125 Å². The van der Waals surface area contributed by atoms with Crippen molar-refractivity contribution in [2.45, 2.75) is 69.5 Å². The number of hydrogen-bond acceptors (Lipinski definition) is 17. The lowest BCUT2D eigenvalue weighted by Crippen LogP contribution is -2.46. The summed E-state index contributed by atoms with van der Waals surface area (Å²) in [7, 11) is 0. The van der Waals surface area contributed by atoms with E-state index in [2.05, 4.69) is 31.6 Å². The first-order valence-corrected chi connectivity index (χ1v) is 29.6. The van der Waals surface area contributed by atoms with Gasteiger partial charge in [-0.15, -0.1) is 5.10 Å². The van der Waals surface area contributed by atoms with Gasteiger partial charge in [0.15, 0.2) is 5.78 Å². The van der Waals surface area contributed by atoms with Crippen LogP contribution in [0.25, 0.3) is 11.3 Å². The van der Waals surface area contributed by atoms with Crippen LogP contribution in [0.3, 0.4) is 0 Å². The average Bonchev–Trinajstić information content (AvgIpc) is 1.11. The lowest BCUT2D eigenvalue weighted by molar-refractivity contribution is -0.135. The lowest BCUT2D eigenvalue weighted by atomic mass is 9.74. The number of nitriles is 1. The third-order valence-electron chi connectivity index (χ3n) is 16.1. The molecule has 0 spiro atoms. The van der Waals surface area contributed by atoms with Crippen LogP contribution in [-0.2, 0) is 62.6 Å². The summed E-state index contributed by atoms with van der Waals surface area (Å²) in [5, 5.41) is 49.3. The molecule has 5 aliphatic rings. The number of amides is 6. The molecule has 4 aromatic carbocycles. The Morgan fingerprint density at radius 2 is 1.50 bits per heavy atom. The minimum Gasteiger partial charge on any atom is -0.508 e. The van der Waals surface area contributed by atoms with E-state index in [0.717, 1.165) is 22.3 Å². The Balaban J connectivity index is 0.541. The number of aromatic nitrogens is 3. The highest BCUT2D eigenvalue weighted by Crippen LogP contribution is 2.49. The van der Waals surface area contributed by atoms with Crippen molar-refractivity contribution in [1.29, 1.82) is 5.26 Å². The first-order valence-electron chi connectivity index (χ1n) is 29.6. The Labute approximate surface area is 516 Å². The summed E-state index contributed by atoms with van der Waals surface area (Å²) < 4.78 is 43.7. The quantitative estimate of drug-likeness (QED) is 0.0390. The second kappa shape index (κ2) is 29.5. The third kappa shape index (κ3) is 15.6. The minimum absolute atomic E-state index is 0.0515. The summed E-state index contributed by atoms with van der Waals surface area (Å²) in [6.07, 6.45) is 4.97. The van der Waals surface area contributed by atoms with Crippen LogP contribution in [0.5, 0.6) is 11.5 Å². The molecule has 90 heavy (non-hydrogen) atoms. The number of phenols is 1. The summed E-state index contributed by atoms with van der Waals surface area (Å²) in [5.41, 5.74) is 5.71. The molecular formula is C64H67FN10O15. The number of carboxylic acids is 1. The predicted octanol–water partition coefficient (Wildman–Crippen LogP) is 3.49. The fraction of sp³-hybridized carbons (Fsp3) is 0.391. The van der Waals surface area contributed by atoms with Crippen molar-refractivity contribution in [3.63, 3.8) is 0 Å². The number of carbonyl (C=O) groups excluding carboxylic acids is 7. The molecule has 1 aromatic heterocycles. The number of ether oxygens (including phenoxy) is 5. The number of halogens is 1. The topological polar surface area (TPSA) is 332 Å². The smallest absolute Gasteiger partial charge is 0.336 e. The molecule has 2 fully saturated rings. The van der Waals surface area contributed by atoms with Gasteiger partial charge in [0.2, 0.25) is 23.6 Å². The number of rotatable bonds is 28. The number of alkyl halides is 1. The van der Waals surface area contributed by atoms with Crippen LogP contribution in [0.15, 0.2) is 109 Å². The van der Waals surface area contributed by atoms with Crippen molar-refractivity contribution in [3.05, 3.63) is 154 Å². The van der Waals surface area contributed by atoms with E-state index in [1.165, 1.54) is 35.3 Å². The van der Waals surface area contributed by atoms with E-state index in [0.29, 0.717) is 73.3 Å². The standard InChI is InChI=1S/C64H67FN10O15/c65-44-29-45(32-66)75(35-44)63(83)53-27-43(62(82)70-53)28-58(79)73-33-41-2-1-3-42(52(41)36-73)34-74-37-54(71-72-74)38-4-6-39(7-5-38)60(80)68-16-15-67-57(78)14-18-86-20-22-88-24-25-89-23-21-87-19-17-69-61(81)40-8-11-48(51(26-40)64(84)85)59-49-12-9-46(76)30-55(49)90-56-31-47(77)10-13-50(56)59/h1-13,26,30-31,37,43-45,49,53,59,77H,14-25,27-29,33-36H2,(H,67,78)(H,68,80)(H,69,81)(H,70,82)(H,84,85)/t43-,44-,45-,49?,53-,59?/m0/s1. The van der Waals surface area contributed by atoms with Crippen LogP contribution in [0.1, 0.15) is 90.5 Å². The second-order valence-corrected chi connectivity index (χ2v) is 22.2. The number of nitrogens with one attached hydrogen (secondary N) is 4. The van der Waals surface area contributed by atoms with Gasteiger partial charge in [-0.05, 0) is 65.1 Å². The largest absolute Gasteiger partial charge is 0.508 e. The number of benzene rings is 4. The molecule has 2 saturated heterocycles. The SMILES string of the molecule is N#C[C@@H]1C[C@H](F)CN1C(=O)[C@@H]1C[C@@H](CC(=O)N2Cc3cccc(Cn4cc(-c5ccc(C(=O)NCCNC(=O)CCOCCOCCOCCOCCNC(=O)c6ccc(C7c8ccc(O)cc8OC8=CC(=O)C=CC87)c(C(=O)O)c6)cc5)nn4)c3C2)C(=O)N1. The summed E-state index contributed by atoms with van der Waals surface area (Å²) in [5.74, 6) is -4.91. The van der Waals surface area contributed by atoms with Crippen molar-refractivity contribution < 1.29 is 76.6 Å². The number of allylic oxidation sites excluding steroid dienone is 3. The van der Waals surface area contributed by atoms with Gasteiger partial charge < -0.3 is 65.0 Å². The normalized spacial score (nSPS) is 19.6. The molecule has 0 radical (unpaired) electrons. The van der Waals surface area contributed by atoms with Crippen molar-refractivity contribution in [1.82, 2.24) is 46.1 Å². The molecule has 5 heterocycles. The molecule has 26 heteroatoms. The van der Waals surface area contributed by atoms with Crippen molar-refractivity contribution in [2.24, 2.45) is 11.8 Å². The first kappa shape index (κ1) is 63.3.